The largest absolute Gasteiger partial charge is 0.357 e. The van der Waals surface area contributed by atoms with Crippen molar-refractivity contribution in [3.05, 3.63) is 35.9 Å². The number of nitrogens with one attached hydrogen (secondary N) is 2. The SMILES string of the molecule is CCNC(=NCC(C)(C)c1ccccc1)NCCCS(C)(=O)=O. The second kappa shape index (κ2) is 8.91. The maximum absolute atomic E-state index is 11.1. The smallest absolute Gasteiger partial charge is 0.191 e. The molecule has 0 aliphatic heterocycles. The minimum absolute atomic E-state index is 0.0592. The van der Waals surface area contributed by atoms with Gasteiger partial charge < -0.3 is 10.6 Å². The van der Waals surface area contributed by atoms with Gasteiger partial charge in [0.25, 0.3) is 0 Å². The first-order valence-corrected chi connectivity index (χ1v) is 10.1. The molecule has 0 unspecified atom stereocenters. The van der Waals surface area contributed by atoms with Crippen LogP contribution in [0.2, 0.25) is 0 Å². The summed E-state index contributed by atoms with van der Waals surface area (Å²) in [5, 5.41) is 6.39. The Morgan fingerprint density at radius 2 is 1.83 bits per heavy atom. The minimum Gasteiger partial charge on any atom is -0.357 e. The van der Waals surface area contributed by atoms with E-state index >= 15 is 0 Å². The average molecular weight is 340 g/mol. The summed E-state index contributed by atoms with van der Waals surface area (Å²) in [7, 11) is -2.91. The van der Waals surface area contributed by atoms with Crippen LogP contribution in [0.4, 0.5) is 0 Å². The Kier molecular flexibility index (Phi) is 7.55. The van der Waals surface area contributed by atoms with Crippen LogP contribution in [0.15, 0.2) is 35.3 Å². The summed E-state index contributed by atoms with van der Waals surface area (Å²) in [6.07, 6.45) is 1.83. The van der Waals surface area contributed by atoms with E-state index in [0.29, 0.717) is 19.5 Å². The quantitative estimate of drug-likeness (QED) is 0.431. The lowest BCUT2D eigenvalue weighted by atomic mass is 9.85. The molecule has 0 atom stereocenters. The van der Waals surface area contributed by atoms with Crippen molar-refractivity contribution in [1.82, 2.24) is 10.6 Å². The van der Waals surface area contributed by atoms with E-state index in [1.807, 2.05) is 25.1 Å². The minimum atomic E-state index is -2.91. The predicted molar refractivity (Wildman–Crippen MR) is 97.8 cm³/mol. The van der Waals surface area contributed by atoms with E-state index in [1.165, 1.54) is 11.8 Å². The van der Waals surface area contributed by atoms with Crippen LogP contribution in [0.5, 0.6) is 0 Å². The average Bonchev–Trinajstić information content (AvgIpc) is 2.49. The van der Waals surface area contributed by atoms with Crippen LogP contribution in [0.25, 0.3) is 0 Å². The monoisotopic (exact) mass is 339 g/mol. The van der Waals surface area contributed by atoms with E-state index in [0.717, 1.165) is 12.5 Å². The number of hydrogen-bond acceptors (Lipinski definition) is 3. The first-order chi connectivity index (χ1) is 10.7. The Labute approximate surface area is 140 Å². The lowest BCUT2D eigenvalue weighted by Gasteiger charge is -2.24. The highest BCUT2D eigenvalue weighted by Gasteiger charge is 2.19. The summed E-state index contributed by atoms with van der Waals surface area (Å²) in [5.41, 5.74) is 1.19. The molecule has 0 heterocycles. The van der Waals surface area contributed by atoms with Crippen molar-refractivity contribution < 1.29 is 8.42 Å². The van der Waals surface area contributed by atoms with Crippen LogP contribution in [0, 0.1) is 0 Å². The number of nitrogens with zero attached hydrogens (tertiary/aromatic N) is 1. The topological polar surface area (TPSA) is 70.6 Å². The van der Waals surface area contributed by atoms with Gasteiger partial charge in [0.05, 0.1) is 12.3 Å². The number of rotatable bonds is 8. The molecule has 6 heteroatoms. The maximum Gasteiger partial charge on any atom is 0.191 e. The van der Waals surface area contributed by atoms with Gasteiger partial charge in [-0.3, -0.25) is 4.99 Å². The van der Waals surface area contributed by atoms with Crippen LogP contribution >= 0.6 is 0 Å². The van der Waals surface area contributed by atoms with E-state index in [4.69, 9.17) is 0 Å². The van der Waals surface area contributed by atoms with E-state index in [-0.39, 0.29) is 11.2 Å². The summed E-state index contributed by atoms with van der Waals surface area (Å²) in [4.78, 5) is 4.64. The zero-order valence-corrected chi connectivity index (χ0v) is 15.4. The van der Waals surface area contributed by atoms with Gasteiger partial charge in [0.1, 0.15) is 9.84 Å². The molecule has 0 saturated carbocycles. The fourth-order valence-electron chi connectivity index (χ4n) is 2.14. The molecule has 2 N–H and O–H groups in total. The molecule has 0 aromatic heterocycles. The van der Waals surface area contributed by atoms with Crippen LogP contribution in [-0.2, 0) is 15.3 Å². The molecule has 5 nitrogen and oxygen atoms in total. The number of aliphatic imine (C=N–C) groups is 1. The summed E-state index contributed by atoms with van der Waals surface area (Å²) in [6, 6.07) is 10.3. The molecule has 0 saturated heterocycles. The summed E-state index contributed by atoms with van der Waals surface area (Å²) in [5.74, 6) is 0.916. The Hall–Kier alpha value is -1.56. The highest BCUT2D eigenvalue weighted by Crippen LogP contribution is 2.22. The van der Waals surface area contributed by atoms with Gasteiger partial charge in [-0.05, 0) is 18.9 Å². The molecular formula is C17H29N3O2S. The molecule has 1 aromatic carbocycles. The molecule has 0 radical (unpaired) electrons. The van der Waals surface area contributed by atoms with Gasteiger partial charge in [-0.25, -0.2) is 8.42 Å². The maximum atomic E-state index is 11.1. The van der Waals surface area contributed by atoms with Crippen molar-refractivity contribution in [2.45, 2.75) is 32.6 Å². The second-order valence-corrected chi connectivity index (χ2v) is 8.62. The zero-order chi connectivity index (χ0) is 17.3. The Morgan fingerprint density at radius 1 is 1.17 bits per heavy atom. The lowest BCUT2D eigenvalue weighted by molar-refractivity contribution is 0.537. The molecular weight excluding hydrogens is 310 g/mol. The van der Waals surface area contributed by atoms with Crippen molar-refractivity contribution >= 4 is 15.8 Å². The van der Waals surface area contributed by atoms with Crippen molar-refractivity contribution in [3.63, 3.8) is 0 Å². The Bertz CT molecular complexity index is 596. The highest BCUT2D eigenvalue weighted by molar-refractivity contribution is 7.90. The summed E-state index contributed by atoms with van der Waals surface area (Å²) >= 11 is 0. The van der Waals surface area contributed by atoms with Crippen molar-refractivity contribution in [3.8, 4) is 0 Å². The third-order valence-corrected chi connectivity index (χ3v) is 4.55. The highest BCUT2D eigenvalue weighted by atomic mass is 32.2. The first kappa shape index (κ1) is 19.5. The van der Waals surface area contributed by atoms with Gasteiger partial charge in [0, 0.05) is 24.8 Å². The van der Waals surface area contributed by atoms with Gasteiger partial charge in [0.2, 0.25) is 0 Å². The van der Waals surface area contributed by atoms with E-state index in [1.54, 1.807) is 0 Å². The van der Waals surface area contributed by atoms with Crippen molar-refractivity contribution in [1.29, 1.82) is 0 Å². The second-order valence-electron chi connectivity index (χ2n) is 6.36. The number of benzene rings is 1. The Morgan fingerprint density at radius 3 is 2.39 bits per heavy atom. The predicted octanol–water partition coefficient (Wildman–Crippen LogP) is 1.95. The van der Waals surface area contributed by atoms with Crippen LogP contribution < -0.4 is 10.6 Å². The standard InChI is InChI=1S/C17H29N3O2S/c1-5-18-16(19-12-9-13-23(4,21)22)20-14-17(2,3)15-10-7-6-8-11-15/h6-8,10-11H,5,9,12-14H2,1-4H3,(H2,18,19,20). The molecule has 1 rings (SSSR count). The normalized spacial score (nSPS) is 13.0. The molecule has 130 valence electrons. The van der Waals surface area contributed by atoms with Gasteiger partial charge >= 0.3 is 0 Å². The van der Waals surface area contributed by atoms with Crippen LogP contribution in [0.1, 0.15) is 32.8 Å². The zero-order valence-electron chi connectivity index (χ0n) is 14.6. The van der Waals surface area contributed by atoms with Crippen LogP contribution in [0.3, 0.4) is 0 Å². The van der Waals surface area contributed by atoms with Gasteiger partial charge in [-0.15, -0.1) is 0 Å². The first-order valence-electron chi connectivity index (χ1n) is 8.00. The molecule has 0 aliphatic carbocycles. The fraction of sp³-hybridized carbons (Fsp3) is 0.588. The fourth-order valence-corrected chi connectivity index (χ4v) is 2.81. The van der Waals surface area contributed by atoms with Crippen molar-refractivity contribution in [2.75, 3.05) is 31.6 Å². The summed E-state index contributed by atoms with van der Waals surface area (Å²) in [6.45, 7) is 8.35. The number of sulfone groups is 1. The van der Waals surface area contributed by atoms with Gasteiger partial charge in [-0.2, -0.15) is 0 Å². The third-order valence-electron chi connectivity index (χ3n) is 3.52. The van der Waals surface area contributed by atoms with Crippen LogP contribution in [-0.4, -0.2) is 46.0 Å². The number of hydrogen-bond donors (Lipinski definition) is 2. The molecule has 1 aromatic rings. The molecule has 23 heavy (non-hydrogen) atoms. The molecule has 0 aliphatic rings. The van der Waals surface area contributed by atoms with Gasteiger partial charge in [-0.1, -0.05) is 44.2 Å². The van der Waals surface area contributed by atoms with Gasteiger partial charge in [0.15, 0.2) is 5.96 Å². The molecule has 0 spiro atoms. The summed E-state index contributed by atoms with van der Waals surface area (Å²) < 4.78 is 22.3. The molecule has 0 bridgehead atoms. The van der Waals surface area contributed by atoms with E-state index < -0.39 is 9.84 Å². The van der Waals surface area contributed by atoms with E-state index in [2.05, 4.69) is 41.6 Å². The lowest BCUT2D eigenvalue weighted by Crippen LogP contribution is -2.39. The third kappa shape index (κ3) is 8.02. The van der Waals surface area contributed by atoms with Crippen molar-refractivity contribution in [2.24, 2.45) is 4.99 Å². The molecule has 0 amide bonds. The van der Waals surface area contributed by atoms with E-state index in [9.17, 15) is 8.42 Å². The number of guanidine groups is 1. The molecule has 0 fully saturated rings. The Balaban J connectivity index is 2.60.